The first-order chi connectivity index (χ1) is 10.5. The topological polar surface area (TPSA) is 50.3 Å². The normalized spacial score (nSPS) is 19.5. The third-order valence-corrected chi connectivity index (χ3v) is 6.38. The first kappa shape index (κ1) is 15.7. The highest BCUT2D eigenvalue weighted by Crippen LogP contribution is 2.38. The molecule has 0 aliphatic carbocycles. The van der Waals surface area contributed by atoms with E-state index in [9.17, 15) is 8.42 Å². The zero-order valence-electron chi connectivity index (χ0n) is 11.6. The van der Waals surface area contributed by atoms with Crippen LogP contribution in [0.4, 0.5) is 0 Å². The Hall–Kier alpha value is -1.14. The molecule has 0 saturated carbocycles. The summed E-state index contributed by atoms with van der Waals surface area (Å²) in [6.07, 6.45) is 4.97. The Labute approximate surface area is 139 Å². The Bertz CT molecular complexity index is 781. The molecule has 2 heterocycles. The van der Waals surface area contributed by atoms with Gasteiger partial charge in [0, 0.05) is 24.0 Å². The molecule has 1 aromatic carbocycles. The van der Waals surface area contributed by atoms with Crippen molar-refractivity contribution >= 4 is 33.2 Å². The van der Waals surface area contributed by atoms with Crippen molar-refractivity contribution in [2.24, 2.45) is 0 Å². The van der Waals surface area contributed by atoms with Gasteiger partial charge in [-0.05, 0) is 42.7 Å². The molecule has 0 spiro atoms. The van der Waals surface area contributed by atoms with Gasteiger partial charge in [-0.2, -0.15) is 4.31 Å². The van der Waals surface area contributed by atoms with E-state index in [0.29, 0.717) is 11.6 Å². The van der Waals surface area contributed by atoms with E-state index in [0.717, 1.165) is 18.4 Å². The molecule has 1 atom stereocenters. The quantitative estimate of drug-likeness (QED) is 0.837. The van der Waals surface area contributed by atoms with E-state index in [4.69, 9.17) is 23.2 Å². The molecule has 1 aliphatic rings. The fraction of sp³-hybridized carbons (Fsp3) is 0.267. The molecule has 22 heavy (non-hydrogen) atoms. The van der Waals surface area contributed by atoms with Crippen LogP contribution in [0, 0.1) is 0 Å². The van der Waals surface area contributed by atoms with E-state index < -0.39 is 10.0 Å². The van der Waals surface area contributed by atoms with E-state index in [1.807, 2.05) is 12.1 Å². The lowest BCUT2D eigenvalue weighted by molar-refractivity contribution is 0.396. The number of halogens is 2. The van der Waals surface area contributed by atoms with Crippen molar-refractivity contribution in [1.82, 2.24) is 9.29 Å². The Morgan fingerprint density at radius 1 is 1.23 bits per heavy atom. The monoisotopic (exact) mass is 356 g/mol. The second-order valence-electron chi connectivity index (χ2n) is 5.13. The van der Waals surface area contributed by atoms with Gasteiger partial charge in [-0.1, -0.05) is 29.3 Å². The minimum Gasteiger partial charge on any atom is -0.264 e. The molecule has 2 aromatic rings. The minimum atomic E-state index is -3.67. The van der Waals surface area contributed by atoms with Gasteiger partial charge in [-0.3, -0.25) is 4.98 Å². The Balaban J connectivity index is 2.01. The van der Waals surface area contributed by atoms with E-state index >= 15 is 0 Å². The molecule has 0 radical (unpaired) electrons. The average molecular weight is 357 g/mol. The summed E-state index contributed by atoms with van der Waals surface area (Å²) in [5, 5.41) is 0.554. The lowest BCUT2D eigenvalue weighted by Crippen LogP contribution is -2.31. The van der Waals surface area contributed by atoms with Crippen molar-refractivity contribution in [3.8, 4) is 0 Å². The molecule has 0 unspecified atom stereocenters. The third-order valence-electron chi connectivity index (χ3n) is 3.75. The van der Waals surface area contributed by atoms with Gasteiger partial charge < -0.3 is 0 Å². The highest BCUT2D eigenvalue weighted by molar-refractivity contribution is 7.89. The lowest BCUT2D eigenvalue weighted by Gasteiger charge is -2.24. The molecule has 0 amide bonds. The fourth-order valence-electron chi connectivity index (χ4n) is 2.74. The largest absolute Gasteiger partial charge is 0.264 e. The van der Waals surface area contributed by atoms with Crippen LogP contribution in [0.3, 0.4) is 0 Å². The molecule has 0 bridgehead atoms. The van der Waals surface area contributed by atoms with E-state index in [2.05, 4.69) is 4.98 Å². The summed E-state index contributed by atoms with van der Waals surface area (Å²) in [5.41, 5.74) is 0.897. The first-order valence-electron chi connectivity index (χ1n) is 6.87. The molecule has 1 fully saturated rings. The molecule has 1 saturated heterocycles. The number of benzene rings is 1. The maximum Gasteiger partial charge on any atom is 0.245 e. The molecular weight excluding hydrogens is 343 g/mol. The summed E-state index contributed by atoms with van der Waals surface area (Å²) in [6.45, 7) is 0.473. The maximum atomic E-state index is 12.9. The van der Waals surface area contributed by atoms with Gasteiger partial charge in [0.2, 0.25) is 10.0 Å². The van der Waals surface area contributed by atoms with Crippen molar-refractivity contribution < 1.29 is 8.42 Å². The van der Waals surface area contributed by atoms with Gasteiger partial charge in [0.15, 0.2) is 0 Å². The Kier molecular flexibility index (Phi) is 4.41. The van der Waals surface area contributed by atoms with Gasteiger partial charge in [0.05, 0.1) is 11.1 Å². The van der Waals surface area contributed by atoms with E-state index in [-0.39, 0.29) is 16.0 Å². The summed E-state index contributed by atoms with van der Waals surface area (Å²) in [5.74, 6) is 0. The molecule has 3 rings (SSSR count). The Morgan fingerprint density at radius 3 is 2.73 bits per heavy atom. The number of hydrogen-bond acceptors (Lipinski definition) is 3. The molecular formula is C15H14Cl2N2O2S. The van der Waals surface area contributed by atoms with Crippen molar-refractivity contribution in [3.63, 3.8) is 0 Å². The molecule has 0 N–H and O–H groups in total. The van der Waals surface area contributed by atoms with Crippen LogP contribution in [-0.4, -0.2) is 24.3 Å². The first-order valence-corrected chi connectivity index (χ1v) is 9.06. The van der Waals surface area contributed by atoms with Crippen LogP contribution in [-0.2, 0) is 10.0 Å². The number of hydrogen-bond donors (Lipinski definition) is 0. The van der Waals surface area contributed by atoms with Crippen molar-refractivity contribution in [1.29, 1.82) is 0 Å². The van der Waals surface area contributed by atoms with Gasteiger partial charge in [-0.15, -0.1) is 0 Å². The van der Waals surface area contributed by atoms with Crippen LogP contribution in [0.5, 0.6) is 0 Å². The summed E-state index contributed by atoms with van der Waals surface area (Å²) in [4.78, 5) is 4.17. The standard InChI is InChI=1S/C15H14Cl2N2O2S/c16-12-5-6-15(13(17)9-12)22(20,21)19-8-2-4-14(19)11-3-1-7-18-10-11/h1,3,5-7,9-10,14H,2,4,8H2/t14-/m1/s1. The van der Waals surface area contributed by atoms with Gasteiger partial charge >= 0.3 is 0 Å². The zero-order valence-corrected chi connectivity index (χ0v) is 13.9. The van der Waals surface area contributed by atoms with Crippen LogP contribution in [0.1, 0.15) is 24.4 Å². The SMILES string of the molecule is O=S(=O)(c1ccc(Cl)cc1Cl)N1CCC[C@@H]1c1cccnc1. The summed E-state index contributed by atoms with van der Waals surface area (Å²) >= 11 is 11.9. The lowest BCUT2D eigenvalue weighted by atomic mass is 10.1. The highest BCUT2D eigenvalue weighted by atomic mass is 35.5. The number of nitrogens with zero attached hydrogens (tertiary/aromatic N) is 2. The minimum absolute atomic E-state index is 0.0920. The molecule has 7 heteroatoms. The highest BCUT2D eigenvalue weighted by Gasteiger charge is 2.37. The summed E-state index contributed by atoms with van der Waals surface area (Å²) in [7, 11) is -3.67. The van der Waals surface area contributed by atoms with Crippen LogP contribution in [0.2, 0.25) is 10.0 Å². The molecule has 1 aliphatic heterocycles. The van der Waals surface area contributed by atoms with Crippen LogP contribution < -0.4 is 0 Å². The fourth-order valence-corrected chi connectivity index (χ4v) is 5.18. The summed E-state index contributed by atoms with van der Waals surface area (Å²) < 4.78 is 27.4. The van der Waals surface area contributed by atoms with Gasteiger partial charge in [0.1, 0.15) is 4.90 Å². The maximum absolute atomic E-state index is 12.9. The predicted octanol–water partition coefficient (Wildman–Crippen LogP) is 3.91. The third kappa shape index (κ3) is 2.86. The second-order valence-corrected chi connectivity index (χ2v) is 7.84. The number of sulfonamides is 1. The predicted molar refractivity (Wildman–Crippen MR) is 86.6 cm³/mol. The van der Waals surface area contributed by atoms with Crippen LogP contribution in [0.15, 0.2) is 47.6 Å². The number of aromatic nitrogens is 1. The summed E-state index contributed by atoms with van der Waals surface area (Å²) in [6, 6.07) is 7.95. The van der Waals surface area contributed by atoms with E-state index in [1.54, 1.807) is 12.4 Å². The zero-order chi connectivity index (χ0) is 15.7. The number of pyridine rings is 1. The number of rotatable bonds is 3. The average Bonchev–Trinajstić information content (AvgIpc) is 2.98. The van der Waals surface area contributed by atoms with Crippen molar-refractivity contribution in [2.75, 3.05) is 6.54 Å². The van der Waals surface area contributed by atoms with E-state index in [1.165, 1.54) is 22.5 Å². The van der Waals surface area contributed by atoms with Gasteiger partial charge in [-0.25, -0.2) is 8.42 Å². The Morgan fingerprint density at radius 2 is 2.05 bits per heavy atom. The van der Waals surface area contributed by atoms with Crippen LogP contribution >= 0.6 is 23.2 Å². The van der Waals surface area contributed by atoms with Crippen LogP contribution in [0.25, 0.3) is 0 Å². The van der Waals surface area contributed by atoms with Crippen molar-refractivity contribution in [2.45, 2.75) is 23.8 Å². The second kappa shape index (κ2) is 6.16. The van der Waals surface area contributed by atoms with Crippen molar-refractivity contribution in [3.05, 3.63) is 58.3 Å². The van der Waals surface area contributed by atoms with Gasteiger partial charge in [0.25, 0.3) is 0 Å². The molecule has 4 nitrogen and oxygen atoms in total. The molecule has 1 aromatic heterocycles. The molecule has 116 valence electrons. The smallest absolute Gasteiger partial charge is 0.245 e.